The van der Waals surface area contributed by atoms with Crippen molar-refractivity contribution in [3.8, 4) is 17.2 Å². The van der Waals surface area contributed by atoms with Crippen LogP contribution < -0.4 is 15.0 Å². The van der Waals surface area contributed by atoms with Gasteiger partial charge >= 0.3 is 5.69 Å². The van der Waals surface area contributed by atoms with Gasteiger partial charge in [-0.25, -0.2) is 4.98 Å². The lowest BCUT2D eigenvalue weighted by Crippen LogP contribution is -2.21. The van der Waals surface area contributed by atoms with E-state index in [0.717, 1.165) is 24.3 Å². The molecule has 4 rings (SSSR count). The molecule has 3 aromatic carbocycles. The van der Waals surface area contributed by atoms with Crippen molar-refractivity contribution in [3.63, 3.8) is 0 Å². The average Bonchev–Trinajstić information content (AvgIpc) is 3.27. The van der Waals surface area contributed by atoms with Crippen LogP contribution in [0, 0.1) is 10.1 Å². The number of para-hydroxylation sites is 2. The zero-order valence-electron chi connectivity index (χ0n) is 18.9. The van der Waals surface area contributed by atoms with Gasteiger partial charge in [-0.15, -0.1) is 0 Å². The normalized spacial score (nSPS) is 10.8. The van der Waals surface area contributed by atoms with Crippen LogP contribution >= 0.6 is 0 Å². The molecule has 34 heavy (non-hydrogen) atoms. The van der Waals surface area contributed by atoms with Gasteiger partial charge in [-0.2, -0.15) is 0 Å². The summed E-state index contributed by atoms with van der Waals surface area (Å²) in [6.45, 7) is 5.73. The molecule has 0 saturated heterocycles. The number of carbonyl (C=O) groups is 1. The summed E-state index contributed by atoms with van der Waals surface area (Å²) in [6.07, 6.45) is 0. The topological polar surface area (TPSA) is 111 Å². The Hall–Kier alpha value is -4.40. The van der Waals surface area contributed by atoms with Crippen LogP contribution in [0.5, 0.6) is 5.75 Å². The molecule has 1 amide bonds. The highest BCUT2D eigenvalue weighted by Gasteiger charge is 2.15. The summed E-state index contributed by atoms with van der Waals surface area (Å²) in [5, 5.41) is 13.8. The first kappa shape index (κ1) is 22.8. The quantitative estimate of drug-likeness (QED) is 0.268. The minimum atomic E-state index is -0.555. The van der Waals surface area contributed by atoms with Crippen molar-refractivity contribution in [2.45, 2.75) is 13.8 Å². The van der Waals surface area contributed by atoms with Crippen LogP contribution in [0.15, 0.2) is 71.1 Å². The number of amides is 1. The summed E-state index contributed by atoms with van der Waals surface area (Å²) in [5.41, 5.74) is 3.50. The van der Waals surface area contributed by atoms with Gasteiger partial charge in [-0.1, -0.05) is 12.1 Å². The van der Waals surface area contributed by atoms with Crippen LogP contribution in [0.2, 0.25) is 0 Å². The number of hydrogen-bond acceptors (Lipinski definition) is 7. The number of carbonyl (C=O) groups excluding carboxylic acids is 1. The number of nitrogens with one attached hydrogen (secondary N) is 1. The molecular weight excluding hydrogens is 436 g/mol. The zero-order valence-corrected chi connectivity index (χ0v) is 18.9. The lowest BCUT2D eigenvalue weighted by Gasteiger charge is -2.20. The number of nitrogens with zero attached hydrogens (tertiary/aromatic N) is 3. The van der Waals surface area contributed by atoms with Crippen molar-refractivity contribution >= 4 is 34.1 Å². The number of oxazole rings is 1. The second-order valence-corrected chi connectivity index (χ2v) is 7.48. The molecule has 0 bridgehead atoms. The number of nitro groups is 1. The molecule has 174 valence electrons. The third-order valence-electron chi connectivity index (χ3n) is 5.33. The first-order valence-electron chi connectivity index (χ1n) is 10.9. The molecule has 0 aliphatic heterocycles. The number of anilines is 2. The number of aromatic nitrogens is 1. The van der Waals surface area contributed by atoms with E-state index in [2.05, 4.69) is 29.0 Å². The maximum atomic E-state index is 12.3. The standard InChI is InChI=1S/C25H24N4O5/c1-3-28(4-2)19-12-9-17(10-13-19)25-27-20-15-18(11-14-22(20)34-25)26-24(30)16-33-23-8-6-5-7-21(23)29(31)32/h5-15H,3-4,16H2,1-2H3,(H,26,30). The fourth-order valence-electron chi connectivity index (χ4n) is 3.60. The highest BCUT2D eigenvalue weighted by molar-refractivity contribution is 5.94. The van der Waals surface area contributed by atoms with Crippen LogP contribution in [0.1, 0.15) is 13.8 Å². The van der Waals surface area contributed by atoms with Crippen molar-refractivity contribution in [3.05, 3.63) is 76.8 Å². The van der Waals surface area contributed by atoms with Gasteiger partial charge in [0.2, 0.25) is 5.89 Å². The van der Waals surface area contributed by atoms with Crippen molar-refractivity contribution in [1.82, 2.24) is 4.98 Å². The highest BCUT2D eigenvalue weighted by atomic mass is 16.6. The van der Waals surface area contributed by atoms with Crippen molar-refractivity contribution < 1.29 is 18.9 Å². The second kappa shape index (κ2) is 10.0. The SMILES string of the molecule is CCN(CC)c1ccc(-c2nc3cc(NC(=O)COc4ccccc4[N+](=O)[O-])ccc3o2)cc1. The number of ether oxygens (including phenoxy) is 1. The number of fused-ring (bicyclic) bond motifs is 1. The molecule has 0 atom stereocenters. The van der Waals surface area contributed by atoms with Gasteiger partial charge in [-0.3, -0.25) is 14.9 Å². The van der Waals surface area contributed by atoms with Gasteiger partial charge in [0.1, 0.15) is 5.52 Å². The Labute approximate surface area is 196 Å². The predicted molar refractivity (Wildman–Crippen MR) is 130 cm³/mol. The summed E-state index contributed by atoms with van der Waals surface area (Å²) in [7, 11) is 0. The zero-order chi connectivity index (χ0) is 24.1. The van der Waals surface area contributed by atoms with E-state index in [0.29, 0.717) is 22.7 Å². The van der Waals surface area contributed by atoms with E-state index in [1.165, 1.54) is 18.2 Å². The van der Waals surface area contributed by atoms with Gasteiger partial charge in [-0.05, 0) is 62.4 Å². The summed E-state index contributed by atoms with van der Waals surface area (Å²) in [4.78, 5) is 29.6. The van der Waals surface area contributed by atoms with E-state index in [4.69, 9.17) is 9.15 Å². The summed E-state index contributed by atoms with van der Waals surface area (Å²) < 4.78 is 11.2. The fourth-order valence-corrected chi connectivity index (χ4v) is 3.60. The molecule has 1 N–H and O–H groups in total. The first-order valence-corrected chi connectivity index (χ1v) is 10.9. The monoisotopic (exact) mass is 460 g/mol. The molecule has 0 radical (unpaired) electrons. The van der Waals surface area contributed by atoms with Gasteiger partial charge in [0.25, 0.3) is 5.91 Å². The molecule has 1 aromatic heterocycles. The molecule has 0 saturated carbocycles. The number of hydrogen-bond donors (Lipinski definition) is 1. The Bertz CT molecular complexity index is 1310. The average molecular weight is 460 g/mol. The van der Waals surface area contributed by atoms with Crippen LogP contribution in [-0.2, 0) is 4.79 Å². The maximum Gasteiger partial charge on any atom is 0.310 e. The Kier molecular flexibility index (Phi) is 6.72. The Balaban J connectivity index is 1.44. The largest absolute Gasteiger partial charge is 0.477 e. The molecule has 0 unspecified atom stereocenters. The van der Waals surface area contributed by atoms with Crippen LogP contribution in [0.3, 0.4) is 0 Å². The van der Waals surface area contributed by atoms with E-state index in [9.17, 15) is 14.9 Å². The van der Waals surface area contributed by atoms with Crippen molar-refractivity contribution in [2.24, 2.45) is 0 Å². The van der Waals surface area contributed by atoms with E-state index in [1.54, 1.807) is 24.3 Å². The van der Waals surface area contributed by atoms with Crippen molar-refractivity contribution in [1.29, 1.82) is 0 Å². The Morgan fingerprint density at radius 3 is 2.53 bits per heavy atom. The van der Waals surface area contributed by atoms with E-state index in [1.807, 2.05) is 24.3 Å². The number of benzene rings is 3. The highest BCUT2D eigenvalue weighted by Crippen LogP contribution is 2.28. The van der Waals surface area contributed by atoms with Crippen LogP contribution in [0.4, 0.5) is 17.1 Å². The third-order valence-corrected chi connectivity index (χ3v) is 5.33. The summed E-state index contributed by atoms with van der Waals surface area (Å²) in [5.74, 6) is 0.0729. The Morgan fingerprint density at radius 1 is 1.09 bits per heavy atom. The molecule has 0 fully saturated rings. The van der Waals surface area contributed by atoms with Gasteiger partial charge in [0.05, 0.1) is 4.92 Å². The minimum absolute atomic E-state index is 0.0336. The van der Waals surface area contributed by atoms with Crippen LogP contribution in [-0.4, -0.2) is 35.5 Å². The van der Waals surface area contributed by atoms with E-state index in [-0.39, 0.29) is 18.0 Å². The lowest BCUT2D eigenvalue weighted by molar-refractivity contribution is -0.385. The van der Waals surface area contributed by atoms with Gasteiger partial charge in [0.15, 0.2) is 17.9 Å². The fraction of sp³-hybridized carbons (Fsp3) is 0.200. The molecule has 0 spiro atoms. The number of nitro benzene ring substituents is 1. The molecule has 4 aromatic rings. The molecule has 0 aliphatic carbocycles. The molecule has 1 heterocycles. The molecule has 9 heteroatoms. The summed E-state index contributed by atoms with van der Waals surface area (Å²) >= 11 is 0. The predicted octanol–water partition coefficient (Wildman–Crippen LogP) is 5.27. The minimum Gasteiger partial charge on any atom is -0.477 e. The second-order valence-electron chi connectivity index (χ2n) is 7.48. The Morgan fingerprint density at radius 2 is 1.82 bits per heavy atom. The van der Waals surface area contributed by atoms with Gasteiger partial charge in [0, 0.05) is 36.1 Å². The smallest absolute Gasteiger partial charge is 0.310 e. The van der Waals surface area contributed by atoms with Crippen molar-refractivity contribution in [2.75, 3.05) is 29.9 Å². The summed E-state index contributed by atoms with van der Waals surface area (Å²) in [6, 6.07) is 19.1. The molecular formula is C25H24N4O5. The lowest BCUT2D eigenvalue weighted by atomic mass is 10.2. The van der Waals surface area contributed by atoms with E-state index < -0.39 is 10.8 Å². The number of rotatable bonds is 9. The van der Waals surface area contributed by atoms with E-state index >= 15 is 0 Å². The first-order chi connectivity index (χ1) is 16.5. The third kappa shape index (κ3) is 4.98. The molecule has 0 aliphatic rings. The maximum absolute atomic E-state index is 12.3. The van der Waals surface area contributed by atoms with Gasteiger partial charge < -0.3 is 19.4 Å². The van der Waals surface area contributed by atoms with Crippen LogP contribution in [0.25, 0.3) is 22.6 Å². The molecule has 9 nitrogen and oxygen atoms in total.